The van der Waals surface area contributed by atoms with Gasteiger partial charge in [0, 0.05) is 49.0 Å². The molecule has 0 unspecified atom stereocenters. The second kappa shape index (κ2) is 17.2. The molecular formula is C68H42N6O. The van der Waals surface area contributed by atoms with Gasteiger partial charge < -0.3 is 4.42 Å². The Kier molecular flexibility index (Phi) is 9.75. The molecule has 0 saturated carbocycles. The van der Waals surface area contributed by atoms with Crippen LogP contribution in [0.2, 0.25) is 0 Å². The standard InChI is InChI=1S/C68H42N6O/c1-4-15-43(16-5-1)46-27-31-48(32-28-46)66-70-67(49-33-29-47(30-34-49)44-17-6-2-7-18-44)72-68(71-66)74-59-24-12-10-21-52(59)55-41-56-54-39-50(45-19-8-3-9-20-45)35-37-60(54)73(61(56)42-62(55)74)65-26-14-23-58(69-65)51-36-38-64-57(40-51)53-22-11-13-25-63(53)75-64/h1-42H. The van der Waals surface area contributed by atoms with Gasteiger partial charge in [-0.25, -0.2) is 9.97 Å². The van der Waals surface area contributed by atoms with E-state index in [1.165, 1.54) is 0 Å². The summed E-state index contributed by atoms with van der Waals surface area (Å²) in [6.45, 7) is 0. The van der Waals surface area contributed by atoms with Gasteiger partial charge in [0.05, 0.1) is 27.8 Å². The predicted octanol–water partition coefficient (Wildman–Crippen LogP) is 17.4. The molecule has 15 rings (SSSR count). The molecule has 0 aliphatic carbocycles. The number of benzene rings is 10. The van der Waals surface area contributed by atoms with Crippen molar-refractivity contribution < 1.29 is 4.42 Å². The van der Waals surface area contributed by atoms with Crippen LogP contribution in [0.25, 0.3) is 145 Å². The van der Waals surface area contributed by atoms with Gasteiger partial charge >= 0.3 is 0 Å². The van der Waals surface area contributed by atoms with Crippen LogP contribution in [0, 0.1) is 0 Å². The number of hydrogen-bond donors (Lipinski definition) is 0. The van der Waals surface area contributed by atoms with Crippen LogP contribution in [0.15, 0.2) is 259 Å². The maximum Gasteiger partial charge on any atom is 0.238 e. The van der Waals surface area contributed by atoms with Crippen LogP contribution in [0.3, 0.4) is 0 Å². The highest BCUT2D eigenvalue weighted by atomic mass is 16.3. The van der Waals surface area contributed by atoms with Crippen LogP contribution in [-0.4, -0.2) is 29.1 Å². The van der Waals surface area contributed by atoms with Gasteiger partial charge in [-0.1, -0.05) is 188 Å². The fourth-order valence-electron chi connectivity index (χ4n) is 11.0. The molecule has 0 saturated heterocycles. The summed E-state index contributed by atoms with van der Waals surface area (Å²) in [4.78, 5) is 21.5. The largest absolute Gasteiger partial charge is 0.456 e. The van der Waals surface area contributed by atoms with Crippen LogP contribution in [0.5, 0.6) is 0 Å². The van der Waals surface area contributed by atoms with Crippen molar-refractivity contribution in [2.75, 3.05) is 0 Å². The Labute approximate surface area is 430 Å². The molecule has 15 aromatic rings. The summed E-state index contributed by atoms with van der Waals surface area (Å²) in [5.74, 6) is 2.50. The minimum Gasteiger partial charge on any atom is -0.456 e. The lowest BCUT2D eigenvalue weighted by molar-refractivity contribution is 0.669. The van der Waals surface area contributed by atoms with Crippen molar-refractivity contribution >= 4 is 65.6 Å². The molecule has 7 nitrogen and oxygen atoms in total. The van der Waals surface area contributed by atoms with Gasteiger partial charge in [-0.15, -0.1) is 0 Å². The monoisotopic (exact) mass is 958 g/mol. The van der Waals surface area contributed by atoms with Crippen molar-refractivity contribution in [2.24, 2.45) is 0 Å². The Balaban J connectivity index is 0.958. The zero-order chi connectivity index (χ0) is 49.4. The topological polar surface area (TPSA) is 74.6 Å². The normalized spacial score (nSPS) is 11.7. The van der Waals surface area contributed by atoms with E-state index in [9.17, 15) is 0 Å². The number of para-hydroxylation sites is 2. The van der Waals surface area contributed by atoms with E-state index in [1.807, 2.05) is 24.3 Å². The maximum absolute atomic E-state index is 6.22. The lowest BCUT2D eigenvalue weighted by Crippen LogP contribution is -2.06. The maximum atomic E-state index is 6.22. The summed E-state index contributed by atoms with van der Waals surface area (Å²) in [5.41, 5.74) is 16.2. The second-order valence-corrected chi connectivity index (χ2v) is 19.0. The summed E-state index contributed by atoms with van der Waals surface area (Å²) in [6, 6.07) is 89.3. The Bertz CT molecular complexity index is 4570. The van der Waals surface area contributed by atoms with Gasteiger partial charge in [0.15, 0.2) is 11.6 Å². The summed E-state index contributed by atoms with van der Waals surface area (Å²) < 4.78 is 10.7. The number of hydrogen-bond acceptors (Lipinski definition) is 5. The number of nitrogens with zero attached hydrogens (tertiary/aromatic N) is 6. The number of furan rings is 1. The first kappa shape index (κ1) is 42.4. The zero-order valence-electron chi connectivity index (χ0n) is 40.3. The Morgan fingerprint density at radius 2 is 0.733 bits per heavy atom. The Morgan fingerprint density at radius 1 is 0.253 bits per heavy atom. The molecule has 0 fully saturated rings. The van der Waals surface area contributed by atoms with E-state index in [0.717, 1.165) is 127 Å². The molecule has 0 bridgehead atoms. The Hall–Kier alpha value is -10.2. The van der Waals surface area contributed by atoms with E-state index in [4.69, 9.17) is 24.4 Å². The molecule has 350 valence electrons. The first-order valence-corrected chi connectivity index (χ1v) is 25.2. The SMILES string of the molecule is c1ccc(-c2ccc(-c3nc(-c4ccc(-c5ccccc5)cc4)nc(-n4c5ccccc5c5cc6c7cc(-c8ccccc8)ccc7n(-c7cccc(-c8ccc9oc%10ccccc%10c9c8)n7)c6cc54)n3)cc2)cc1. The van der Waals surface area contributed by atoms with Gasteiger partial charge in [0.1, 0.15) is 17.0 Å². The molecule has 75 heavy (non-hydrogen) atoms. The van der Waals surface area contributed by atoms with Crippen molar-refractivity contribution in [3.05, 3.63) is 255 Å². The molecule has 0 aliphatic rings. The second-order valence-electron chi connectivity index (χ2n) is 19.0. The average molecular weight is 959 g/mol. The van der Waals surface area contributed by atoms with Crippen molar-refractivity contribution in [2.45, 2.75) is 0 Å². The van der Waals surface area contributed by atoms with Crippen molar-refractivity contribution in [3.63, 3.8) is 0 Å². The number of pyridine rings is 1. The Morgan fingerprint density at radius 3 is 1.41 bits per heavy atom. The summed E-state index contributed by atoms with van der Waals surface area (Å²) in [7, 11) is 0. The van der Waals surface area contributed by atoms with Gasteiger partial charge in [-0.2, -0.15) is 9.97 Å². The number of aromatic nitrogens is 6. The quantitative estimate of drug-likeness (QED) is 0.152. The highest BCUT2D eigenvalue weighted by molar-refractivity contribution is 6.19. The highest BCUT2D eigenvalue weighted by Gasteiger charge is 2.23. The molecule has 0 N–H and O–H groups in total. The van der Waals surface area contributed by atoms with Crippen LogP contribution < -0.4 is 0 Å². The molecule has 0 aliphatic heterocycles. The van der Waals surface area contributed by atoms with Gasteiger partial charge in [0.2, 0.25) is 5.95 Å². The molecule has 5 aromatic heterocycles. The van der Waals surface area contributed by atoms with Gasteiger partial charge in [-0.3, -0.25) is 9.13 Å². The zero-order valence-corrected chi connectivity index (χ0v) is 40.3. The van der Waals surface area contributed by atoms with Crippen LogP contribution in [0.1, 0.15) is 0 Å². The fraction of sp³-hybridized carbons (Fsp3) is 0. The molecule has 0 amide bonds. The number of rotatable bonds is 8. The number of fused-ring (bicyclic) bond motifs is 9. The van der Waals surface area contributed by atoms with E-state index < -0.39 is 0 Å². The lowest BCUT2D eigenvalue weighted by Gasteiger charge is -2.12. The van der Waals surface area contributed by atoms with E-state index in [2.05, 4.69) is 240 Å². The molecule has 7 heteroatoms. The minimum atomic E-state index is 0.524. The predicted molar refractivity (Wildman–Crippen MR) is 306 cm³/mol. The summed E-state index contributed by atoms with van der Waals surface area (Å²) in [5, 5.41) is 6.58. The molecule has 0 atom stereocenters. The first-order chi connectivity index (χ1) is 37.1. The summed E-state index contributed by atoms with van der Waals surface area (Å²) in [6.07, 6.45) is 0. The van der Waals surface area contributed by atoms with Crippen molar-refractivity contribution in [3.8, 4) is 79.2 Å². The smallest absolute Gasteiger partial charge is 0.238 e. The third-order valence-electron chi connectivity index (χ3n) is 14.6. The lowest BCUT2D eigenvalue weighted by atomic mass is 10.0. The van der Waals surface area contributed by atoms with Crippen molar-refractivity contribution in [1.29, 1.82) is 0 Å². The van der Waals surface area contributed by atoms with E-state index in [1.54, 1.807) is 0 Å². The third kappa shape index (κ3) is 7.20. The third-order valence-corrected chi connectivity index (χ3v) is 14.6. The average Bonchev–Trinajstić information content (AvgIpc) is 4.14. The van der Waals surface area contributed by atoms with Gasteiger partial charge in [0.25, 0.3) is 0 Å². The van der Waals surface area contributed by atoms with E-state index in [-0.39, 0.29) is 0 Å². The summed E-state index contributed by atoms with van der Waals surface area (Å²) >= 11 is 0. The van der Waals surface area contributed by atoms with Gasteiger partial charge in [-0.05, 0) is 100 Å². The van der Waals surface area contributed by atoms with E-state index >= 15 is 0 Å². The van der Waals surface area contributed by atoms with Crippen LogP contribution in [-0.2, 0) is 0 Å². The van der Waals surface area contributed by atoms with Crippen LogP contribution in [0.4, 0.5) is 0 Å². The molecule has 5 heterocycles. The molecular weight excluding hydrogens is 917 g/mol. The molecule has 10 aromatic carbocycles. The first-order valence-electron chi connectivity index (χ1n) is 25.2. The molecule has 0 radical (unpaired) electrons. The van der Waals surface area contributed by atoms with Crippen molar-refractivity contribution in [1.82, 2.24) is 29.1 Å². The minimum absolute atomic E-state index is 0.524. The fourth-order valence-corrected chi connectivity index (χ4v) is 11.0. The van der Waals surface area contributed by atoms with E-state index in [0.29, 0.717) is 17.6 Å². The van der Waals surface area contributed by atoms with Crippen LogP contribution >= 0.6 is 0 Å². The molecule has 0 spiro atoms. The highest BCUT2D eigenvalue weighted by Crippen LogP contribution is 2.42.